The van der Waals surface area contributed by atoms with Crippen molar-refractivity contribution < 1.29 is 36.6 Å². The van der Waals surface area contributed by atoms with Gasteiger partial charge in [0, 0.05) is 123 Å². The number of nitrogens with one attached hydrogen (secondary N) is 3. The lowest BCUT2D eigenvalue weighted by Gasteiger charge is -2.34. The van der Waals surface area contributed by atoms with E-state index in [1.165, 1.54) is 12.1 Å². The quantitative estimate of drug-likeness (QED) is 0.111. The number of benzene rings is 2. The number of morpholine rings is 2. The molecular weight excluding hydrogens is 1060 g/mol. The number of hydrogen-bond donors (Lipinski definition) is 3. The van der Waals surface area contributed by atoms with Crippen molar-refractivity contribution in [3.63, 3.8) is 0 Å². The second-order valence-corrected chi connectivity index (χ2v) is 22.4. The Hall–Kier alpha value is -8.07. The van der Waals surface area contributed by atoms with E-state index in [1.807, 2.05) is 89.5 Å². The van der Waals surface area contributed by atoms with Crippen LogP contribution in [0.3, 0.4) is 0 Å². The maximum Gasteiger partial charge on any atom is 0.410 e. The van der Waals surface area contributed by atoms with Crippen molar-refractivity contribution in [1.29, 1.82) is 0 Å². The Kier molecular flexibility index (Phi) is 17.0. The Morgan fingerprint density at radius 1 is 0.602 bits per heavy atom. The summed E-state index contributed by atoms with van der Waals surface area (Å²) in [5.74, 6) is -0.700. The average molecular weight is 1130 g/mol. The fraction of sp³-hybridized carbons (Fsp3) is 0.381. The number of fused-ring (bicyclic) bond motifs is 2. The number of pyridine rings is 6. The number of hydrogen-bond acceptors (Lipinski definition) is 15. The monoisotopic (exact) mass is 1130 g/mol. The van der Waals surface area contributed by atoms with E-state index in [1.54, 1.807) is 17.3 Å². The molecule has 20 heteroatoms. The summed E-state index contributed by atoms with van der Waals surface area (Å²) in [5.41, 5.74) is 8.38. The predicted molar refractivity (Wildman–Crippen MR) is 315 cm³/mol. The van der Waals surface area contributed by atoms with E-state index in [4.69, 9.17) is 24.2 Å². The van der Waals surface area contributed by atoms with Crippen molar-refractivity contribution in [3.05, 3.63) is 143 Å². The second kappa shape index (κ2) is 24.8. The number of carbonyl (C=O) groups excluding carboxylic acids is 1. The Labute approximate surface area is 480 Å². The highest BCUT2D eigenvalue weighted by Crippen LogP contribution is 2.43. The fourth-order valence-corrected chi connectivity index (χ4v) is 11.4. The molecule has 0 saturated carbocycles. The van der Waals surface area contributed by atoms with E-state index in [-0.39, 0.29) is 33.8 Å². The van der Waals surface area contributed by atoms with Crippen LogP contribution in [0.1, 0.15) is 80.5 Å². The third-order valence-corrected chi connectivity index (χ3v) is 15.7. The summed E-state index contributed by atoms with van der Waals surface area (Å²) < 4.78 is 76.4. The van der Waals surface area contributed by atoms with Gasteiger partial charge in [0.2, 0.25) is 0 Å². The third-order valence-electron chi connectivity index (χ3n) is 15.7. The number of anilines is 6. The van der Waals surface area contributed by atoms with Crippen molar-refractivity contribution in [2.75, 3.05) is 99.2 Å². The lowest BCUT2D eigenvalue weighted by atomic mass is 9.89. The predicted octanol–water partition coefficient (Wildman–Crippen LogP) is 12.3. The Morgan fingerprint density at radius 2 is 1.05 bits per heavy atom. The fourth-order valence-electron chi connectivity index (χ4n) is 11.4. The molecule has 16 nitrogen and oxygen atoms in total. The first kappa shape index (κ1) is 56.8. The van der Waals surface area contributed by atoms with Gasteiger partial charge in [0.15, 0.2) is 0 Å². The van der Waals surface area contributed by atoms with Crippen LogP contribution in [-0.2, 0) is 14.2 Å². The van der Waals surface area contributed by atoms with Gasteiger partial charge >= 0.3 is 6.09 Å². The molecule has 0 spiro atoms. The molecule has 4 saturated heterocycles. The molecule has 0 radical (unpaired) electrons. The van der Waals surface area contributed by atoms with Crippen LogP contribution in [-0.4, -0.2) is 125 Å². The van der Waals surface area contributed by atoms with Gasteiger partial charge in [-0.1, -0.05) is 12.1 Å². The molecule has 0 unspecified atom stereocenters. The lowest BCUT2D eigenvalue weighted by Crippen LogP contribution is -2.41. The van der Waals surface area contributed by atoms with E-state index >= 15 is 8.78 Å². The Morgan fingerprint density at radius 3 is 1.47 bits per heavy atom. The summed E-state index contributed by atoms with van der Waals surface area (Å²) in [6.45, 7) is 17.7. The molecule has 83 heavy (non-hydrogen) atoms. The molecule has 0 aliphatic carbocycles. The first-order valence-electron chi connectivity index (χ1n) is 28.4. The van der Waals surface area contributed by atoms with E-state index in [2.05, 4.69) is 51.8 Å². The van der Waals surface area contributed by atoms with Crippen molar-refractivity contribution >= 4 is 62.3 Å². The van der Waals surface area contributed by atoms with Gasteiger partial charge in [0.05, 0.1) is 82.4 Å². The minimum absolute atomic E-state index is 0.0865. The van der Waals surface area contributed by atoms with Crippen LogP contribution in [0.25, 0.3) is 44.6 Å². The van der Waals surface area contributed by atoms with Crippen molar-refractivity contribution in [1.82, 2.24) is 40.1 Å². The number of rotatable bonds is 10. The average Bonchev–Trinajstić information content (AvgIpc) is 2.98. The van der Waals surface area contributed by atoms with Crippen LogP contribution in [0.4, 0.5) is 56.7 Å². The molecule has 8 aromatic rings. The summed E-state index contributed by atoms with van der Waals surface area (Å²) in [4.78, 5) is 46.8. The third kappa shape index (κ3) is 12.8. The van der Waals surface area contributed by atoms with Gasteiger partial charge in [-0.2, -0.15) is 0 Å². The summed E-state index contributed by atoms with van der Waals surface area (Å²) in [7, 11) is 0. The molecule has 4 fully saturated rings. The molecule has 432 valence electrons. The van der Waals surface area contributed by atoms with Gasteiger partial charge in [-0.15, -0.1) is 0 Å². The Bertz CT molecular complexity index is 3630. The number of aromatic nitrogens is 6. The molecule has 10 heterocycles. The van der Waals surface area contributed by atoms with E-state index in [0.29, 0.717) is 111 Å². The summed E-state index contributed by atoms with van der Waals surface area (Å²) in [6.07, 6.45) is 10.3. The standard InChI is InChI=1S/C34H38F2N6O3.C29H30F2N6O/c1-21-31(26-7-5-6-10-37-26)40-28-18-23(35)17-25(36)30(28)32(21)39-27-19-29(41-13-15-44-16-14-41)38-20-24(27)22-8-11-42(12-9-22)33(43)45-34(2,3)4;1-18-28(23-4-2-3-7-33-23)36-25-15-20(30)14-22(31)27(25)29(18)35-24-16-26(37-10-12-38-13-11-37)34-17-21(24)19-5-8-32-9-6-19/h5-7,10,17-20,22H,8-9,11-16H2,1-4H3,(H,38,39,40);2-4,7,14-17,19,32H,5-6,8-13H2,1H3,(H,34,35,36). The second-order valence-electron chi connectivity index (χ2n) is 22.4. The van der Waals surface area contributed by atoms with E-state index in [9.17, 15) is 13.6 Å². The van der Waals surface area contributed by atoms with Crippen molar-refractivity contribution in [2.24, 2.45) is 0 Å². The van der Waals surface area contributed by atoms with Gasteiger partial charge in [-0.05, 0) is 121 Å². The summed E-state index contributed by atoms with van der Waals surface area (Å²) in [6, 6.07) is 19.4. The Balaban J connectivity index is 0.000000176. The topological polar surface area (TPSA) is 168 Å². The van der Waals surface area contributed by atoms with Gasteiger partial charge in [-0.3, -0.25) is 9.97 Å². The number of carbonyl (C=O) groups is 1. The first-order valence-corrected chi connectivity index (χ1v) is 28.4. The van der Waals surface area contributed by atoms with Crippen LogP contribution in [0.2, 0.25) is 0 Å². The minimum atomic E-state index is -0.703. The number of piperidine rings is 2. The maximum atomic E-state index is 15.6. The molecule has 6 aromatic heterocycles. The molecule has 0 atom stereocenters. The zero-order valence-corrected chi connectivity index (χ0v) is 47.4. The molecule has 0 bridgehead atoms. The van der Waals surface area contributed by atoms with E-state index in [0.717, 1.165) is 90.9 Å². The van der Waals surface area contributed by atoms with Crippen LogP contribution in [0.5, 0.6) is 0 Å². The molecule has 1 amide bonds. The first-order chi connectivity index (χ1) is 40.2. The highest BCUT2D eigenvalue weighted by atomic mass is 19.1. The van der Waals surface area contributed by atoms with Gasteiger partial charge in [0.1, 0.15) is 40.5 Å². The number of amides is 1. The molecule has 4 aliphatic rings. The van der Waals surface area contributed by atoms with Crippen LogP contribution in [0.15, 0.2) is 97.6 Å². The van der Waals surface area contributed by atoms with Gasteiger partial charge in [0.25, 0.3) is 0 Å². The van der Waals surface area contributed by atoms with Gasteiger partial charge < -0.3 is 44.9 Å². The maximum absolute atomic E-state index is 15.6. The number of likely N-dealkylation sites (tertiary alicyclic amines) is 1. The smallest absolute Gasteiger partial charge is 0.410 e. The van der Waals surface area contributed by atoms with Crippen LogP contribution >= 0.6 is 0 Å². The SMILES string of the molecule is Cc1c(-c2ccccn2)nc2cc(F)cc(F)c2c1Nc1cc(N2CCOCC2)ncc1C1CCN(C(=O)OC(C)(C)C)CC1.Cc1c(-c2ccccn2)nc2cc(F)cc(F)c2c1Nc1cc(N2CCOCC2)ncc1C1CCNCC1. The van der Waals surface area contributed by atoms with Gasteiger partial charge in [-0.25, -0.2) is 42.3 Å². The normalized spacial score (nSPS) is 16.4. The zero-order chi connectivity index (χ0) is 57.8. The molecule has 12 rings (SSSR count). The number of ether oxygens (including phenoxy) is 3. The van der Waals surface area contributed by atoms with Crippen molar-refractivity contribution in [3.8, 4) is 22.8 Å². The largest absolute Gasteiger partial charge is 0.444 e. The summed E-state index contributed by atoms with van der Waals surface area (Å²) in [5, 5.41) is 11.0. The highest BCUT2D eigenvalue weighted by Gasteiger charge is 2.31. The molecular formula is C63H68F4N12O4. The minimum Gasteiger partial charge on any atom is -0.444 e. The molecule has 4 aliphatic heterocycles. The van der Waals surface area contributed by atoms with Crippen molar-refractivity contribution in [2.45, 2.75) is 77.7 Å². The van der Waals surface area contributed by atoms with Crippen LogP contribution < -0.4 is 25.8 Å². The molecule has 3 N–H and O–H groups in total. The van der Waals surface area contributed by atoms with E-state index < -0.39 is 28.9 Å². The highest BCUT2D eigenvalue weighted by molar-refractivity contribution is 6.00. The number of nitrogens with zero attached hydrogens (tertiary/aromatic N) is 9. The molecule has 2 aromatic carbocycles. The number of halogens is 4. The lowest BCUT2D eigenvalue weighted by molar-refractivity contribution is 0.0205. The van der Waals surface area contributed by atoms with Crippen LogP contribution in [0, 0.1) is 37.1 Å². The summed E-state index contributed by atoms with van der Waals surface area (Å²) >= 11 is 0. The zero-order valence-electron chi connectivity index (χ0n) is 47.4.